The summed E-state index contributed by atoms with van der Waals surface area (Å²) < 4.78 is 6.44. The molecule has 0 radical (unpaired) electrons. The third-order valence-corrected chi connectivity index (χ3v) is 2.88. The molecule has 1 amide bonds. The Balaban J connectivity index is 2.66. The molecule has 7 nitrogen and oxygen atoms in total. The minimum absolute atomic E-state index is 0.0592. The molecule has 0 fully saturated rings. The number of methoxy groups -OCH3 is 1. The Kier molecular flexibility index (Phi) is 4.91. The molecule has 0 aromatic carbocycles. The number of carboxylic acid groups (broad SMARTS) is 1. The standard InChI is InChI=1S/C12H19N3O4/c1-7(2)8(12(17)18)6-13-11(16)9-5-10(19-4)15(3)14-9/h5,7-8H,6H2,1-4H3,(H,13,16)(H,17,18). The molecule has 1 rings (SSSR count). The molecule has 1 heterocycles. The fraction of sp³-hybridized carbons (Fsp3) is 0.583. The summed E-state index contributed by atoms with van der Waals surface area (Å²) >= 11 is 0. The number of carbonyl (C=O) groups excluding carboxylic acids is 1. The first-order valence-corrected chi connectivity index (χ1v) is 5.95. The molecule has 1 aromatic rings. The number of hydrogen-bond donors (Lipinski definition) is 2. The number of hydrogen-bond acceptors (Lipinski definition) is 4. The van der Waals surface area contributed by atoms with Crippen molar-refractivity contribution in [1.82, 2.24) is 15.1 Å². The van der Waals surface area contributed by atoms with Gasteiger partial charge in [-0.15, -0.1) is 0 Å². The van der Waals surface area contributed by atoms with Crippen molar-refractivity contribution in [2.24, 2.45) is 18.9 Å². The van der Waals surface area contributed by atoms with E-state index in [-0.39, 0.29) is 18.2 Å². The Morgan fingerprint density at radius 3 is 2.58 bits per heavy atom. The van der Waals surface area contributed by atoms with Crippen LogP contribution < -0.4 is 10.1 Å². The van der Waals surface area contributed by atoms with Crippen LogP contribution in [0.1, 0.15) is 24.3 Å². The number of amides is 1. The Hall–Kier alpha value is -2.05. The topological polar surface area (TPSA) is 93.4 Å². The lowest BCUT2D eigenvalue weighted by Gasteiger charge is -2.16. The monoisotopic (exact) mass is 269 g/mol. The maximum Gasteiger partial charge on any atom is 0.308 e. The smallest absolute Gasteiger partial charge is 0.308 e. The van der Waals surface area contributed by atoms with Crippen LogP contribution in [-0.4, -0.2) is 40.4 Å². The van der Waals surface area contributed by atoms with Gasteiger partial charge in [-0.25, -0.2) is 4.68 Å². The van der Waals surface area contributed by atoms with E-state index in [0.29, 0.717) is 5.88 Å². The van der Waals surface area contributed by atoms with Gasteiger partial charge in [-0.05, 0) is 5.92 Å². The number of aliphatic carboxylic acids is 1. The maximum absolute atomic E-state index is 11.8. The number of rotatable bonds is 6. The summed E-state index contributed by atoms with van der Waals surface area (Å²) in [4.78, 5) is 22.8. The van der Waals surface area contributed by atoms with Gasteiger partial charge in [0.1, 0.15) is 0 Å². The summed E-state index contributed by atoms with van der Waals surface area (Å²) in [5.74, 6) is -1.55. The van der Waals surface area contributed by atoms with E-state index < -0.39 is 17.8 Å². The lowest BCUT2D eigenvalue weighted by molar-refractivity contribution is -0.142. The lowest BCUT2D eigenvalue weighted by atomic mass is 9.96. The first-order chi connectivity index (χ1) is 8.86. The van der Waals surface area contributed by atoms with Crippen molar-refractivity contribution in [1.29, 1.82) is 0 Å². The molecule has 0 saturated heterocycles. The van der Waals surface area contributed by atoms with Crippen molar-refractivity contribution in [2.45, 2.75) is 13.8 Å². The zero-order chi connectivity index (χ0) is 14.6. The van der Waals surface area contributed by atoms with Crippen LogP contribution in [0.2, 0.25) is 0 Å². The van der Waals surface area contributed by atoms with Crippen molar-refractivity contribution in [3.8, 4) is 5.88 Å². The van der Waals surface area contributed by atoms with Crippen molar-refractivity contribution in [3.63, 3.8) is 0 Å². The van der Waals surface area contributed by atoms with Gasteiger partial charge in [0.05, 0.1) is 13.0 Å². The second kappa shape index (κ2) is 6.21. The van der Waals surface area contributed by atoms with E-state index in [9.17, 15) is 9.59 Å². The van der Waals surface area contributed by atoms with Gasteiger partial charge in [-0.2, -0.15) is 5.10 Å². The largest absolute Gasteiger partial charge is 0.481 e. The number of nitrogens with zero attached hydrogens (tertiary/aromatic N) is 2. The van der Waals surface area contributed by atoms with Crippen LogP contribution in [0.5, 0.6) is 5.88 Å². The predicted octanol–water partition coefficient (Wildman–Crippen LogP) is 0.515. The fourth-order valence-corrected chi connectivity index (χ4v) is 1.65. The summed E-state index contributed by atoms with van der Waals surface area (Å²) in [5, 5.41) is 15.6. The van der Waals surface area contributed by atoms with Crippen molar-refractivity contribution in [3.05, 3.63) is 11.8 Å². The minimum Gasteiger partial charge on any atom is -0.481 e. The molecule has 0 bridgehead atoms. The average Bonchev–Trinajstić information content (AvgIpc) is 2.69. The van der Waals surface area contributed by atoms with E-state index in [0.717, 1.165) is 0 Å². The van der Waals surface area contributed by atoms with E-state index in [4.69, 9.17) is 9.84 Å². The Labute approximate surface area is 111 Å². The van der Waals surface area contributed by atoms with Gasteiger partial charge in [0.15, 0.2) is 5.69 Å². The summed E-state index contributed by atoms with van der Waals surface area (Å²) in [5.41, 5.74) is 0.201. The fourth-order valence-electron chi connectivity index (χ4n) is 1.65. The molecule has 1 aromatic heterocycles. The van der Waals surface area contributed by atoms with Crippen LogP contribution in [0, 0.1) is 11.8 Å². The van der Waals surface area contributed by atoms with Gasteiger partial charge in [-0.3, -0.25) is 9.59 Å². The minimum atomic E-state index is -0.922. The molecular formula is C12H19N3O4. The van der Waals surface area contributed by atoms with Gasteiger partial charge in [-0.1, -0.05) is 13.8 Å². The van der Waals surface area contributed by atoms with Crippen LogP contribution in [0.3, 0.4) is 0 Å². The molecular weight excluding hydrogens is 250 g/mol. The second-order valence-electron chi connectivity index (χ2n) is 4.59. The molecule has 1 unspecified atom stereocenters. The highest BCUT2D eigenvalue weighted by molar-refractivity contribution is 5.92. The van der Waals surface area contributed by atoms with Crippen molar-refractivity contribution in [2.75, 3.05) is 13.7 Å². The Morgan fingerprint density at radius 2 is 2.16 bits per heavy atom. The molecule has 19 heavy (non-hydrogen) atoms. The van der Waals surface area contributed by atoms with Crippen LogP contribution in [0.25, 0.3) is 0 Å². The van der Waals surface area contributed by atoms with E-state index in [1.54, 1.807) is 20.9 Å². The average molecular weight is 269 g/mol. The van der Waals surface area contributed by atoms with Crippen LogP contribution >= 0.6 is 0 Å². The maximum atomic E-state index is 11.8. The quantitative estimate of drug-likeness (QED) is 0.785. The highest BCUT2D eigenvalue weighted by Crippen LogP contribution is 2.12. The van der Waals surface area contributed by atoms with Crippen LogP contribution in [0.4, 0.5) is 0 Å². The molecule has 0 aliphatic heterocycles. The third kappa shape index (κ3) is 3.70. The van der Waals surface area contributed by atoms with E-state index in [1.165, 1.54) is 17.9 Å². The van der Waals surface area contributed by atoms with Crippen LogP contribution in [-0.2, 0) is 11.8 Å². The van der Waals surface area contributed by atoms with Gasteiger partial charge >= 0.3 is 5.97 Å². The summed E-state index contributed by atoms with van der Waals surface area (Å²) in [6.07, 6.45) is 0. The number of ether oxygens (including phenoxy) is 1. The summed E-state index contributed by atoms with van der Waals surface area (Å²) in [7, 11) is 3.14. The molecule has 1 atom stereocenters. The number of aryl methyl sites for hydroxylation is 1. The zero-order valence-electron chi connectivity index (χ0n) is 11.5. The SMILES string of the molecule is COc1cc(C(=O)NCC(C(=O)O)C(C)C)nn1C. The zero-order valence-corrected chi connectivity index (χ0v) is 11.5. The van der Waals surface area contributed by atoms with Crippen LogP contribution in [0.15, 0.2) is 6.07 Å². The first-order valence-electron chi connectivity index (χ1n) is 5.95. The Bertz CT molecular complexity index is 468. The predicted molar refractivity (Wildman–Crippen MR) is 68.1 cm³/mol. The van der Waals surface area contributed by atoms with Gasteiger partial charge in [0.2, 0.25) is 5.88 Å². The molecule has 0 aliphatic rings. The van der Waals surface area contributed by atoms with Crippen molar-refractivity contribution < 1.29 is 19.4 Å². The van der Waals surface area contributed by atoms with Gasteiger partial charge in [0.25, 0.3) is 5.91 Å². The number of aromatic nitrogens is 2. The second-order valence-corrected chi connectivity index (χ2v) is 4.59. The van der Waals surface area contributed by atoms with E-state index in [2.05, 4.69) is 10.4 Å². The molecule has 0 spiro atoms. The van der Waals surface area contributed by atoms with E-state index >= 15 is 0 Å². The lowest BCUT2D eigenvalue weighted by Crippen LogP contribution is -2.35. The van der Waals surface area contributed by atoms with Crippen molar-refractivity contribution >= 4 is 11.9 Å². The third-order valence-electron chi connectivity index (χ3n) is 2.88. The van der Waals surface area contributed by atoms with Gasteiger partial charge in [0, 0.05) is 19.7 Å². The highest BCUT2D eigenvalue weighted by atomic mass is 16.5. The molecule has 106 valence electrons. The normalized spacial score (nSPS) is 12.3. The molecule has 2 N–H and O–H groups in total. The number of carbonyl (C=O) groups is 2. The first kappa shape index (κ1) is 15.0. The van der Waals surface area contributed by atoms with Gasteiger partial charge < -0.3 is 15.2 Å². The molecule has 7 heteroatoms. The summed E-state index contributed by atoms with van der Waals surface area (Å²) in [6, 6.07) is 1.50. The van der Waals surface area contributed by atoms with E-state index in [1.807, 2.05) is 0 Å². The number of nitrogens with one attached hydrogen (secondary N) is 1. The molecule has 0 aliphatic carbocycles. The summed E-state index contributed by atoms with van der Waals surface area (Å²) in [6.45, 7) is 3.67. The Morgan fingerprint density at radius 1 is 1.53 bits per heavy atom. The highest BCUT2D eigenvalue weighted by Gasteiger charge is 2.23. The molecule has 0 saturated carbocycles. The number of carboxylic acids is 1.